The van der Waals surface area contributed by atoms with Crippen molar-refractivity contribution in [3.63, 3.8) is 0 Å². The maximum atomic E-state index is 12.4. The van der Waals surface area contributed by atoms with Gasteiger partial charge in [0, 0.05) is 28.8 Å². The molecule has 1 N–H and O–H groups in total. The molecule has 1 amide bonds. The van der Waals surface area contributed by atoms with E-state index in [1.807, 2.05) is 6.92 Å². The van der Waals surface area contributed by atoms with E-state index in [0.717, 1.165) is 10.9 Å². The summed E-state index contributed by atoms with van der Waals surface area (Å²) in [4.78, 5) is 35.3. The molecular weight excluding hydrogens is 346 g/mol. The number of anilines is 1. The highest BCUT2D eigenvalue weighted by atomic mass is 16.5. The third-order valence-electron chi connectivity index (χ3n) is 4.14. The summed E-state index contributed by atoms with van der Waals surface area (Å²) in [5, 5.41) is 3.53. The predicted molar refractivity (Wildman–Crippen MR) is 102 cm³/mol. The van der Waals surface area contributed by atoms with Gasteiger partial charge in [-0.05, 0) is 50.6 Å². The number of hydrogen-bond acceptors (Lipinski definition) is 5. The molecule has 0 fully saturated rings. The molecule has 0 radical (unpaired) electrons. The van der Waals surface area contributed by atoms with Crippen LogP contribution in [0.1, 0.15) is 29.8 Å². The second kappa shape index (κ2) is 7.45. The van der Waals surface area contributed by atoms with Gasteiger partial charge in [0.25, 0.3) is 5.91 Å². The number of carbonyl (C=O) groups is 2. The summed E-state index contributed by atoms with van der Waals surface area (Å²) in [5.41, 5.74) is 1.81. The average Bonchev–Trinajstić information content (AvgIpc) is 2.61. The number of aryl methyl sites for hydroxylation is 1. The third-order valence-corrected chi connectivity index (χ3v) is 4.14. The number of Topliss-reactive ketones (excluding diaryl/α,β-unsaturated/α-hetero) is 1. The molecule has 0 aliphatic rings. The summed E-state index contributed by atoms with van der Waals surface area (Å²) in [6, 6.07) is 13.2. The molecule has 0 aliphatic heterocycles. The van der Waals surface area contributed by atoms with Crippen LogP contribution in [-0.4, -0.2) is 17.8 Å². The molecular formula is C21H19NO5. The van der Waals surface area contributed by atoms with Crippen LogP contribution < -0.4 is 15.7 Å². The van der Waals surface area contributed by atoms with Gasteiger partial charge in [0.05, 0.1) is 0 Å². The Labute approximate surface area is 155 Å². The first-order valence-corrected chi connectivity index (χ1v) is 8.46. The molecule has 1 heterocycles. The van der Waals surface area contributed by atoms with Crippen molar-refractivity contribution >= 4 is 28.3 Å². The minimum atomic E-state index is -0.792. The van der Waals surface area contributed by atoms with E-state index >= 15 is 0 Å². The van der Waals surface area contributed by atoms with Crippen LogP contribution >= 0.6 is 0 Å². The first-order valence-electron chi connectivity index (χ1n) is 8.46. The van der Waals surface area contributed by atoms with E-state index in [2.05, 4.69) is 5.32 Å². The lowest BCUT2D eigenvalue weighted by atomic mass is 10.1. The number of nitrogens with one attached hydrogen (secondary N) is 1. The summed E-state index contributed by atoms with van der Waals surface area (Å²) in [6.45, 7) is 4.90. The predicted octanol–water partition coefficient (Wildman–Crippen LogP) is 3.71. The first-order chi connectivity index (χ1) is 12.8. The highest BCUT2D eigenvalue weighted by Gasteiger charge is 2.16. The van der Waals surface area contributed by atoms with Gasteiger partial charge in [-0.1, -0.05) is 12.1 Å². The topological polar surface area (TPSA) is 85.6 Å². The Kier molecular flexibility index (Phi) is 5.07. The van der Waals surface area contributed by atoms with Crippen LogP contribution in [0.4, 0.5) is 5.69 Å². The van der Waals surface area contributed by atoms with E-state index in [1.54, 1.807) is 49.4 Å². The molecule has 0 saturated heterocycles. The summed E-state index contributed by atoms with van der Waals surface area (Å²) < 4.78 is 10.9. The number of carbonyl (C=O) groups excluding carboxylic acids is 2. The molecule has 0 aliphatic carbocycles. The van der Waals surface area contributed by atoms with Crippen molar-refractivity contribution in [3.8, 4) is 5.75 Å². The maximum Gasteiger partial charge on any atom is 0.336 e. The fourth-order valence-corrected chi connectivity index (χ4v) is 2.70. The number of fused-ring (bicyclic) bond motifs is 1. The Balaban J connectivity index is 1.74. The third kappa shape index (κ3) is 4.23. The van der Waals surface area contributed by atoms with Crippen LogP contribution in [0.25, 0.3) is 11.0 Å². The molecule has 27 heavy (non-hydrogen) atoms. The lowest BCUT2D eigenvalue weighted by molar-refractivity contribution is -0.122. The molecule has 0 spiro atoms. The summed E-state index contributed by atoms with van der Waals surface area (Å²) in [7, 11) is 0. The molecule has 3 aromatic rings. The van der Waals surface area contributed by atoms with Crippen molar-refractivity contribution in [1.29, 1.82) is 0 Å². The zero-order chi connectivity index (χ0) is 19.6. The first kappa shape index (κ1) is 18.4. The smallest absolute Gasteiger partial charge is 0.336 e. The second-order valence-electron chi connectivity index (χ2n) is 6.29. The lowest BCUT2D eigenvalue weighted by Crippen LogP contribution is -2.30. The van der Waals surface area contributed by atoms with E-state index in [9.17, 15) is 14.4 Å². The normalized spacial score (nSPS) is 11.8. The number of benzene rings is 2. The van der Waals surface area contributed by atoms with Crippen LogP contribution in [0.15, 0.2) is 57.7 Å². The fraction of sp³-hybridized carbons (Fsp3) is 0.190. The van der Waals surface area contributed by atoms with Crippen molar-refractivity contribution in [2.75, 3.05) is 5.32 Å². The van der Waals surface area contributed by atoms with Gasteiger partial charge in [-0.3, -0.25) is 9.59 Å². The van der Waals surface area contributed by atoms with Crippen molar-refractivity contribution in [2.45, 2.75) is 26.9 Å². The van der Waals surface area contributed by atoms with E-state index in [0.29, 0.717) is 22.6 Å². The molecule has 0 unspecified atom stereocenters. The highest BCUT2D eigenvalue weighted by molar-refractivity contribution is 5.98. The van der Waals surface area contributed by atoms with Gasteiger partial charge in [0.2, 0.25) is 0 Å². The van der Waals surface area contributed by atoms with Gasteiger partial charge >= 0.3 is 5.63 Å². The Morgan fingerprint density at radius 2 is 1.89 bits per heavy atom. The highest BCUT2D eigenvalue weighted by Crippen LogP contribution is 2.23. The Morgan fingerprint density at radius 3 is 2.63 bits per heavy atom. The summed E-state index contributed by atoms with van der Waals surface area (Å²) >= 11 is 0. The fourth-order valence-electron chi connectivity index (χ4n) is 2.70. The zero-order valence-corrected chi connectivity index (χ0v) is 15.2. The molecule has 2 aromatic carbocycles. The van der Waals surface area contributed by atoms with E-state index in [4.69, 9.17) is 9.15 Å². The molecule has 1 atom stereocenters. The zero-order valence-electron chi connectivity index (χ0n) is 15.2. The molecule has 6 heteroatoms. The number of amides is 1. The van der Waals surface area contributed by atoms with Gasteiger partial charge in [-0.2, -0.15) is 0 Å². The van der Waals surface area contributed by atoms with Crippen LogP contribution in [0.2, 0.25) is 0 Å². The van der Waals surface area contributed by atoms with Crippen molar-refractivity contribution < 1.29 is 18.7 Å². The van der Waals surface area contributed by atoms with Crippen molar-refractivity contribution in [2.24, 2.45) is 0 Å². The lowest BCUT2D eigenvalue weighted by Gasteiger charge is -2.15. The van der Waals surface area contributed by atoms with Gasteiger partial charge in [-0.15, -0.1) is 0 Å². The number of ether oxygens (including phenoxy) is 1. The maximum absolute atomic E-state index is 12.4. The van der Waals surface area contributed by atoms with Gasteiger partial charge in [0.15, 0.2) is 11.9 Å². The molecule has 0 saturated carbocycles. The Hall–Kier alpha value is -3.41. The van der Waals surface area contributed by atoms with Crippen LogP contribution in [0, 0.1) is 6.92 Å². The number of ketones is 1. The Morgan fingerprint density at radius 1 is 1.11 bits per heavy atom. The minimum Gasteiger partial charge on any atom is -0.481 e. The largest absolute Gasteiger partial charge is 0.481 e. The van der Waals surface area contributed by atoms with E-state index in [1.165, 1.54) is 13.0 Å². The minimum absolute atomic E-state index is 0.0802. The van der Waals surface area contributed by atoms with Crippen LogP contribution in [0.5, 0.6) is 5.75 Å². The quantitative estimate of drug-likeness (QED) is 0.550. The molecule has 138 valence electrons. The van der Waals surface area contributed by atoms with E-state index in [-0.39, 0.29) is 11.7 Å². The Bertz CT molecular complexity index is 1080. The van der Waals surface area contributed by atoms with Gasteiger partial charge < -0.3 is 14.5 Å². The van der Waals surface area contributed by atoms with Crippen molar-refractivity contribution in [3.05, 3.63) is 70.1 Å². The molecule has 1 aromatic heterocycles. The van der Waals surface area contributed by atoms with Gasteiger partial charge in [0.1, 0.15) is 11.3 Å². The van der Waals surface area contributed by atoms with Gasteiger partial charge in [-0.25, -0.2) is 4.79 Å². The molecule has 0 bridgehead atoms. The SMILES string of the molecule is CC(=O)c1cccc(NC(=O)[C@H](C)Oc2ccc3c(C)cc(=O)oc3c2)c1. The number of hydrogen-bond donors (Lipinski definition) is 1. The monoisotopic (exact) mass is 365 g/mol. The second-order valence-corrected chi connectivity index (χ2v) is 6.29. The standard InChI is InChI=1S/C21H19NO5/c1-12-9-20(24)27-19-11-17(7-8-18(12)19)26-14(3)21(25)22-16-6-4-5-15(10-16)13(2)23/h4-11,14H,1-3H3,(H,22,25)/t14-/m0/s1. The van der Waals surface area contributed by atoms with E-state index < -0.39 is 11.7 Å². The van der Waals surface area contributed by atoms with Crippen LogP contribution in [-0.2, 0) is 4.79 Å². The summed E-state index contributed by atoms with van der Waals surface area (Å²) in [5.74, 6) is -0.0266. The molecule has 3 rings (SSSR count). The number of rotatable bonds is 5. The van der Waals surface area contributed by atoms with Crippen molar-refractivity contribution in [1.82, 2.24) is 0 Å². The summed E-state index contributed by atoms with van der Waals surface area (Å²) in [6.07, 6.45) is -0.792. The average molecular weight is 365 g/mol. The molecule has 6 nitrogen and oxygen atoms in total. The van der Waals surface area contributed by atoms with Crippen LogP contribution in [0.3, 0.4) is 0 Å².